The van der Waals surface area contributed by atoms with Crippen LogP contribution in [-0.4, -0.2) is 33.1 Å². The fourth-order valence-electron chi connectivity index (χ4n) is 3.72. The molecule has 2 aromatic rings. The van der Waals surface area contributed by atoms with Gasteiger partial charge < -0.3 is 15.1 Å². The fraction of sp³-hybridized carbons (Fsp3) is 0.435. The van der Waals surface area contributed by atoms with Gasteiger partial charge in [-0.1, -0.05) is 44.4 Å². The smallest absolute Gasteiger partial charge is 0.355 e. The van der Waals surface area contributed by atoms with Gasteiger partial charge >= 0.3 is 5.97 Å². The standard InChI is InChI=1S/C23H28N2O4S/c1-2-3-4-7-20(26)16-9-11-18(12-10-16)25-17(13-14-22(25)27)6-5-8-21-24-19(15-30-21)23(28)29/h5,8-12,15,17,20,26H,2-4,6-7,13-14H2,1H3,(H,28,29)/b8-5+. The Labute approximate surface area is 180 Å². The molecule has 0 aliphatic carbocycles. The first-order valence-corrected chi connectivity index (χ1v) is 11.3. The molecule has 1 aliphatic heterocycles. The third-order valence-corrected chi connectivity index (χ3v) is 6.18. The number of carboxylic acid groups (broad SMARTS) is 1. The Morgan fingerprint density at radius 2 is 2.10 bits per heavy atom. The van der Waals surface area contributed by atoms with E-state index in [0.717, 1.165) is 43.4 Å². The van der Waals surface area contributed by atoms with E-state index in [2.05, 4.69) is 11.9 Å². The first-order valence-electron chi connectivity index (χ1n) is 10.4. The summed E-state index contributed by atoms with van der Waals surface area (Å²) in [4.78, 5) is 29.3. The minimum Gasteiger partial charge on any atom is -0.476 e. The van der Waals surface area contributed by atoms with Crippen molar-refractivity contribution in [1.29, 1.82) is 0 Å². The summed E-state index contributed by atoms with van der Waals surface area (Å²) in [5, 5.41) is 21.5. The van der Waals surface area contributed by atoms with E-state index in [1.807, 2.05) is 41.3 Å². The molecule has 1 fully saturated rings. The zero-order valence-electron chi connectivity index (χ0n) is 17.2. The van der Waals surface area contributed by atoms with Gasteiger partial charge in [-0.3, -0.25) is 4.79 Å². The highest BCUT2D eigenvalue weighted by molar-refractivity contribution is 7.10. The number of hydrogen-bond donors (Lipinski definition) is 2. The van der Waals surface area contributed by atoms with Gasteiger partial charge in [0.2, 0.25) is 5.91 Å². The Morgan fingerprint density at radius 3 is 2.77 bits per heavy atom. The summed E-state index contributed by atoms with van der Waals surface area (Å²) in [5.41, 5.74) is 1.79. The molecule has 1 aromatic carbocycles. The summed E-state index contributed by atoms with van der Waals surface area (Å²) in [6.45, 7) is 2.14. The lowest BCUT2D eigenvalue weighted by Crippen LogP contribution is -2.32. The molecule has 1 saturated heterocycles. The molecule has 0 bridgehead atoms. The van der Waals surface area contributed by atoms with E-state index < -0.39 is 12.1 Å². The molecule has 0 spiro atoms. The normalized spacial score (nSPS) is 17.7. The lowest BCUT2D eigenvalue weighted by atomic mass is 10.0. The van der Waals surface area contributed by atoms with Crippen molar-refractivity contribution in [3.63, 3.8) is 0 Å². The van der Waals surface area contributed by atoms with Crippen molar-refractivity contribution in [3.05, 3.63) is 52.0 Å². The van der Waals surface area contributed by atoms with E-state index in [1.165, 1.54) is 16.7 Å². The van der Waals surface area contributed by atoms with Crippen molar-refractivity contribution < 1.29 is 19.8 Å². The van der Waals surface area contributed by atoms with Crippen LogP contribution in [0.2, 0.25) is 0 Å². The third-order valence-electron chi connectivity index (χ3n) is 5.37. The van der Waals surface area contributed by atoms with Crippen LogP contribution in [0, 0.1) is 0 Å². The molecular formula is C23H28N2O4S. The monoisotopic (exact) mass is 428 g/mol. The zero-order valence-corrected chi connectivity index (χ0v) is 18.0. The maximum absolute atomic E-state index is 12.5. The van der Waals surface area contributed by atoms with Gasteiger partial charge in [-0.2, -0.15) is 0 Å². The van der Waals surface area contributed by atoms with Crippen molar-refractivity contribution in [1.82, 2.24) is 4.98 Å². The number of anilines is 1. The molecular weight excluding hydrogens is 400 g/mol. The number of hydrogen-bond acceptors (Lipinski definition) is 5. The van der Waals surface area contributed by atoms with Crippen LogP contribution in [0.15, 0.2) is 35.7 Å². The summed E-state index contributed by atoms with van der Waals surface area (Å²) >= 11 is 1.29. The van der Waals surface area contributed by atoms with Gasteiger partial charge in [-0.25, -0.2) is 9.78 Å². The molecule has 1 amide bonds. The van der Waals surface area contributed by atoms with Gasteiger partial charge in [0.1, 0.15) is 5.01 Å². The second-order valence-corrected chi connectivity index (χ2v) is 8.46. The molecule has 6 nitrogen and oxygen atoms in total. The average molecular weight is 429 g/mol. The molecule has 2 heterocycles. The predicted octanol–water partition coefficient (Wildman–Crippen LogP) is 5.05. The van der Waals surface area contributed by atoms with E-state index in [9.17, 15) is 14.7 Å². The first-order chi connectivity index (χ1) is 14.5. The number of thiazole rings is 1. The highest BCUT2D eigenvalue weighted by atomic mass is 32.1. The number of aromatic nitrogens is 1. The number of carbonyl (C=O) groups excluding carboxylic acids is 1. The second kappa shape index (κ2) is 10.5. The number of amides is 1. The van der Waals surface area contributed by atoms with Crippen LogP contribution in [0.4, 0.5) is 5.69 Å². The molecule has 1 aromatic heterocycles. The molecule has 0 saturated carbocycles. The number of rotatable bonds is 10. The van der Waals surface area contributed by atoms with Crippen molar-refractivity contribution in [2.24, 2.45) is 0 Å². The minimum atomic E-state index is -1.03. The van der Waals surface area contributed by atoms with Crippen LogP contribution < -0.4 is 4.90 Å². The zero-order chi connectivity index (χ0) is 21.5. The maximum atomic E-state index is 12.5. The summed E-state index contributed by atoms with van der Waals surface area (Å²) in [6, 6.07) is 7.71. The first kappa shape index (κ1) is 22.2. The molecule has 0 radical (unpaired) electrons. The van der Waals surface area contributed by atoms with Crippen LogP contribution in [0.5, 0.6) is 0 Å². The van der Waals surface area contributed by atoms with Gasteiger partial charge in [0.15, 0.2) is 5.69 Å². The summed E-state index contributed by atoms with van der Waals surface area (Å²) in [5.74, 6) is -0.926. The van der Waals surface area contributed by atoms with Gasteiger partial charge in [0.05, 0.1) is 6.10 Å². The quantitative estimate of drug-likeness (QED) is 0.517. The van der Waals surface area contributed by atoms with Crippen LogP contribution in [-0.2, 0) is 4.79 Å². The molecule has 7 heteroatoms. The number of aliphatic hydroxyl groups excluding tert-OH is 1. The van der Waals surface area contributed by atoms with Gasteiger partial charge in [0.25, 0.3) is 0 Å². The topological polar surface area (TPSA) is 90.7 Å². The van der Waals surface area contributed by atoms with Crippen molar-refractivity contribution in [2.45, 2.75) is 64.0 Å². The Kier molecular flexibility index (Phi) is 7.76. The van der Waals surface area contributed by atoms with Crippen LogP contribution in [0.3, 0.4) is 0 Å². The number of carboxylic acids is 1. The average Bonchev–Trinajstić information content (AvgIpc) is 3.35. The number of unbranched alkanes of at least 4 members (excludes halogenated alkanes) is 2. The van der Waals surface area contributed by atoms with Gasteiger partial charge in [0, 0.05) is 23.5 Å². The molecule has 2 N–H and O–H groups in total. The number of aromatic carboxylic acids is 1. The van der Waals surface area contributed by atoms with E-state index in [-0.39, 0.29) is 17.6 Å². The number of aliphatic hydroxyl groups is 1. The molecule has 1 aliphatic rings. The lowest BCUT2D eigenvalue weighted by Gasteiger charge is -2.24. The van der Waals surface area contributed by atoms with Crippen LogP contribution in [0.25, 0.3) is 6.08 Å². The Morgan fingerprint density at radius 1 is 1.33 bits per heavy atom. The Hall–Kier alpha value is -2.51. The van der Waals surface area contributed by atoms with Crippen LogP contribution in [0.1, 0.15) is 79.0 Å². The van der Waals surface area contributed by atoms with E-state index in [1.54, 1.807) is 0 Å². The summed E-state index contributed by atoms with van der Waals surface area (Å²) in [6.07, 6.45) is 9.27. The maximum Gasteiger partial charge on any atom is 0.355 e. The SMILES string of the molecule is CCCCCC(O)c1ccc(N2C(=O)CCC2C/C=C/c2nc(C(=O)O)cs2)cc1. The Bertz CT molecular complexity index is 891. The molecule has 160 valence electrons. The number of carbonyl (C=O) groups is 2. The van der Waals surface area contributed by atoms with Crippen molar-refractivity contribution >= 4 is 35.0 Å². The Balaban J connectivity index is 1.62. The lowest BCUT2D eigenvalue weighted by molar-refractivity contribution is -0.117. The molecule has 2 atom stereocenters. The van der Waals surface area contributed by atoms with E-state index in [4.69, 9.17) is 5.11 Å². The number of benzene rings is 1. The summed E-state index contributed by atoms with van der Waals surface area (Å²) in [7, 11) is 0. The number of nitrogens with zero attached hydrogens (tertiary/aromatic N) is 2. The highest BCUT2D eigenvalue weighted by Gasteiger charge is 2.31. The molecule has 2 unspecified atom stereocenters. The van der Waals surface area contributed by atoms with Crippen LogP contribution >= 0.6 is 11.3 Å². The van der Waals surface area contributed by atoms with Crippen molar-refractivity contribution in [2.75, 3.05) is 4.90 Å². The van der Waals surface area contributed by atoms with Gasteiger partial charge in [-0.15, -0.1) is 11.3 Å². The second-order valence-electron chi connectivity index (χ2n) is 7.57. The van der Waals surface area contributed by atoms with E-state index >= 15 is 0 Å². The molecule has 3 rings (SSSR count). The van der Waals surface area contributed by atoms with Gasteiger partial charge in [-0.05, 0) is 43.0 Å². The molecule has 30 heavy (non-hydrogen) atoms. The largest absolute Gasteiger partial charge is 0.476 e. The minimum absolute atomic E-state index is 0.0503. The van der Waals surface area contributed by atoms with Crippen molar-refractivity contribution in [3.8, 4) is 0 Å². The predicted molar refractivity (Wildman–Crippen MR) is 119 cm³/mol. The summed E-state index contributed by atoms with van der Waals surface area (Å²) < 4.78 is 0. The fourth-order valence-corrected chi connectivity index (χ4v) is 4.43. The highest BCUT2D eigenvalue weighted by Crippen LogP contribution is 2.30. The third kappa shape index (κ3) is 5.55. The van der Waals surface area contributed by atoms with E-state index in [0.29, 0.717) is 17.8 Å².